The maximum absolute atomic E-state index is 13.2. The molecule has 2 rings (SSSR count). The first-order chi connectivity index (χ1) is 6.33. The molecule has 0 aromatic heterocycles. The second kappa shape index (κ2) is 4.33. The van der Waals surface area contributed by atoms with Crippen molar-refractivity contribution in [2.45, 2.75) is 0 Å². The van der Waals surface area contributed by atoms with E-state index < -0.39 is 0 Å². The van der Waals surface area contributed by atoms with E-state index in [-0.39, 0.29) is 24.4 Å². The number of hydrogen-bond donors (Lipinski definition) is 0. The molecule has 0 atom stereocenters. The number of halogens is 1. The van der Waals surface area contributed by atoms with Crippen LogP contribution in [0, 0.1) is 24.2 Å². The first-order valence-electron chi connectivity index (χ1n) is 3.88. The summed E-state index contributed by atoms with van der Waals surface area (Å²) in [5.41, 5.74) is 0.325. The Bertz CT molecular complexity index is 497. The summed E-state index contributed by atoms with van der Waals surface area (Å²) >= 11 is 0. The van der Waals surface area contributed by atoms with Gasteiger partial charge in [-0.15, -0.1) is 23.3 Å². The smallest absolute Gasteiger partial charge is 0.136 e. The summed E-state index contributed by atoms with van der Waals surface area (Å²) in [6.07, 6.45) is 5.22. The van der Waals surface area contributed by atoms with Crippen LogP contribution in [-0.2, 0) is 18.6 Å². The molecule has 2 heteroatoms. The third kappa shape index (κ3) is 1.68. The van der Waals surface area contributed by atoms with Crippen molar-refractivity contribution >= 4 is 10.8 Å². The van der Waals surface area contributed by atoms with Crippen molar-refractivity contribution in [2.24, 2.45) is 0 Å². The van der Waals surface area contributed by atoms with Gasteiger partial charge >= 0.3 is 0 Å². The van der Waals surface area contributed by atoms with E-state index in [1.54, 1.807) is 24.3 Å². The first kappa shape index (κ1) is 10.9. The topological polar surface area (TPSA) is 0 Å². The molecule has 0 amide bonds. The van der Waals surface area contributed by atoms with Gasteiger partial charge in [-0.2, -0.15) is 24.3 Å². The number of benzene rings is 2. The first-order valence-corrected chi connectivity index (χ1v) is 3.88. The molecule has 2 aromatic carbocycles. The van der Waals surface area contributed by atoms with Crippen molar-refractivity contribution in [3.05, 3.63) is 47.8 Å². The molecule has 0 fully saturated rings. The summed E-state index contributed by atoms with van der Waals surface area (Å²) in [6, 6.07) is 11.3. The minimum Gasteiger partial charge on any atom is -0.206 e. The van der Waals surface area contributed by atoms with Crippen LogP contribution in [0.4, 0.5) is 4.39 Å². The fraction of sp³-hybridized carbons (Fsp3) is 0. The zero-order valence-electron chi connectivity index (χ0n) is 7.29. The minimum atomic E-state index is -0.346. The van der Waals surface area contributed by atoms with E-state index in [1.165, 1.54) is 6.07 Å². The summed E-state index contributed by atoms with van der Waals surface area (Å²) in [5, 5.41) is 1.68. The van der Waals surface area contributed by atoms with E-state index >= 15 is 0 Å². The van der Waals surface area contributed by atoms with Crippen LogP contribution in [0.5, 0.6) is 0 Å². The Morgan fingerprint density at radius 2 is 2.07 bits per heavy atom. The van der Waals surface area contributed by atoms with Gasteiger partial charge in [0.05, 0.1) is 0 Å². The normalized spacial score (nSPS) is 9.14. The maximum Gasteiger partial charge on any atom is 0.136 e. The van der Waals surface area contributed by atoms with Gasteiger partial charge in [0.1, 0.15) is 5.82 Å². The Hall–Kier alpha value is -1.23. The maximum atomic E-state index is 13.2. The van der Waals surface area contributed by atoms with Crippen molar-refractivity contribution in [3.63, 3.8) is 0 Å². The van der Waals surface area contributed by atoms with Gasteiger partial charge in [0.15, 0.2) is 0 Å². The Labute approximate surface area is 94.0 Å². The van der Waals surface area contributed by atoms with Gasteiger partial charge in [-0.05, 0) is 6.07 Å². The van der Waals surface area contributed by atoms with Gasteiger partial charge in [0, 0.05) is 24.1 Å². The minimum absolute atomic E-state index is 0. The van der Waals surface area contributed by atoms with Crippen LogP contribution in [0.1, 0.15) is 5.56 Å². The van der Waals surface area contributed by atoms with Crippen molar-refractivity contribution in [2.75, 3.05) is 0 Å². The zero-order chi connectivity index (χ0) is 9.26. The number of terminal acetylenes is 1. The zero-order valence-corrected chi connectivity index (χ0v) is 8.69. The molecule has 0 heterocycles. The van der Waals surface area contributed by atoms with Crippen LogP contribution >= 0.6 is 0 Å². The standard InChI is InChI=1S/C12H6F.V/c1-2-10-11-6-4-3-5-9(11)7-8-12(10)13;/h1,4-8H;/q-1;. The molecule has 0 aliphatic rings. The summed E-state index contributed by atoms with van der Waals surface area (Å²) in [5.74, 6) is 2.00. The van der Waals surface area contributed by atoms with Crippen molar-refractivity contribution < 1.29 is 22.9 Å². The molecule has 0 saturated heterocycles. The molecule has 0 N–H and O–H groups in total. The van der Waals surface area contributed by atoms with E-state index in [0.717, 1.165) is 10.8 Å². The predicted molar refractivity (Wildman–Crippen MR) is 50.7 cm³/mol. The average molecular weight is 220 g/mol. The van der Waals surface area contributed by atoms with Crippen LogP contribution in [0.15, 0.2) is 30.3 Å². The summed E-state index contributed by atoms with van der Waals surface area (Å²) in [6.45, 7) is 0. The molecule has 0 unspecified atom stereocenters. The van der Waals surface area contributed by atoms with E-state index in [9.17, 15) is 4.39 Å². The second-order valence-electron chi connectivity index (χ2n) is 2.71. The van der Waals surface area contributed by atoms with Crippen molar-refractivity contribution in [3.8, 4) is 12.3 Å². The average Bonchev–Trinajstić information content (AvgIpc) is 2.18. The largest absolute Gasteiger partial charge is 0.206 e. The molecule has 2 aromatic rings. The fourth-order valence-electron chi connectivity index (χ4n) is 1.33. The van der Waals surface area contributed by atoms with Crippen molar-refractivity contribution in [1.29, 1.82) is 0 Å². The van der Waals surface area contributed by atoms with Crippen LogP contribution < -0.4 is 0 Å². The van der Waals surface area contributed by atoms with Gasteiger partial charge in [-0.3, -0.25) is 0 Å². The molecule has 0 spiro atoms. The Kier molecular flexibility index (Phi) is 3.35. The molecular formula is C12H6FV-. The monoisotopic (exact) mass is 220 g/mol. The molecule has 14 heavy (non-hydrogen) atoms. The Morgan fingerprint density at radius 3 is 2.79 bits per heavy atom. The predicted octanol–water partition coefficient (Wildman–Crippen LogP) is 2.76. The molecule has 0 nitrogen and oxygen atoms in total. The van der Waals surface area contributed by atoms with Gasteiger partial charge in [-0.25, -0.2) is 4.39 Å². The Balaban J connectivity index is 0.000000980. The van der Waals surface area contributed by atoms with Crippen molar-refractivity contribution in [1.82, 2.24) is 0 Å². The summed E-state index contributed by atoms with van der Waals surface area (Å²) in [7, 11) is 0. The number of fused-ring (bicyclic) bond motifs is 1. The van der Waals surface area contributed by atoms with Crippen LogP contribution in [-0.4, -0.2) is 0 Å². The molecule has 1 radical (unpaired) electrons. The van der Waals surface area contributed by atoms with Gasteiger partial charge in [-0.1, -0.05) is 5.92 Å². The van der Waals surface area contributed by atoms with E-state index in [4.69, 9.17) is 6.42 Å². The van der Waals surface area contributed by atoms with Gasteiger partial charge in [0.2, 0.25) is 0 Å². The SMILES string of the molecule is C#Cc1c(F)ccc2c[c-]ccc12.[V]. The quantitative estimate of drug-likeness (QED) is 0.473. The third-order valence-corrected chi connectivity index (χ3v) is 1.96. The second-order valence-corrected chi connectivity index (χ2v) is 2.71. The molecule has 0 aliphatic heterocycles. The Morgan fingerprint density at radius 1 is 1.29 bits per heavy atom. The molecule has 0 aliphatic carbocycles. The van der Waals surface area contributed by atoms with Crippen LogP contribution in [0.2, 0.25) is 0 Å². The summed E-state index contributed by atoms with van der Waals surface area (Å²) < 4.78 is 13.2. The third-order valence-electron chi connectivity index (χ3n) is 1.96. The van der Waals surface area contributed by atoms with E-state index in [0.29, 0.717) is 5.56 Å². The number of hydrogen-bond acceptors (Lipinski definition) is 0. The van der Waals surface area contributed by atoms with E-state index in [1.807, 2.05) is 0 Å². The van der Waals surface area contributed by atoms with Crippen LogP contribution in [0.25, 0.3) is 10.8 Å². The summed E-state index contributed by atoms with van der Waals surface area (Å²) in [4.78, 5) is 0. The van der Waals surface area contributed by atoms with E-state index in [2.05, 4.69) is 12.0 Å². The molecular weight excluding hydrogens is 214 g/mol. The molecule has 0 saturated carbocycles. The van der Waals surface area contributed by atoms with Gasteiger partial charge < -0.3 is 0 Å². The number of rotatable bonds is 0. The van der Waals surface area contributed by atoms with Gasteiger partial charge in [0.25, 0.3) is 0 Å². The molecule has 67 valence electrons. The van der Waals surface area contributed by atoms with Crippen LogP contribution in [0.3, 0.4) is 0 Å². The molecule has 0 bridgehead atoms. The fourth-order valence-corrected chi connectivity index (χ4v) is 1.33.